The van der Waals surface area contributed by atoms with Crippen molar-refractivity contribution < 1.29 is 5.11 Å². The molecular weight excluding hydrogens is 256 g/mol. The van der Waals surface area contributed by atoms with Crippen molar-refractivity contribution >= 4 is 11.3 Å². The summed E-state index contributed by atoms with van der Waals surface area (Å²) in [6.07, 6.45) is 8.42. The fourth-order valence-electron chi connectivity index (χ4n) is 2.73. The monoisotopic (exact) mass is 276 g/mol. The summed E-state index contributed by atoms with van der Waals surface area (Å²) in [5.74, 6) is 0. The number of fused-ring (bicyclic) bond motifs is 1. The van der Waals surface area contributed by atoms with Crippen molar-refractivity contribution in [3.05, 3.63) is 39.3 Å². The Morgan fingerprint density at radius 3 is 3.00 bits per heavy atom. The Morgan fingerprint density at radius 1 is 1.37 bits per heavy atom. The zero-order chi connectivity index (χ0) is 13.2. The van der Waals surface area contributed by atoms with E-state index in [9.17, 15) is 5.11 Å². The van der Waals surface area contributed by atoms with Gasteiger partial charge in [0, 0.05) is 29.4 Å². The largest absolute Gasteiger partial charge is 0.387 e. The van der Waals surface area contributed by atoms with Crippen LogP contribution in [0.25, 0.3) is 0 Å². The second kappa shape index (κ2) is 5.47. The summed E-state index contributed by atoms with van der Waals surface area (Å²) >= 11 is 1.80. The maximum Gasteiger partial charge on any atom is 0.0938 e. The van der Waals surface area contributed by atoms with Crippen LogP contribution in [0.3, 0.4) is 0 Å². The second-order valence-corrected chi connectivity index (χ2v) is 6.53. The van der Waals surface area contributed by atoms with Gasteiger partial charge in [-0.3, -0.25) is 4.68 Å². The zero-order valence-electron chi connectivity index (χ0n) is 11.3. The van der Waals surface area contributed by atoms with Crippen LogP contribution in [0.2, 0.25) is 0 Å². The van der Waals surface area contributed by atoms with Crippen molar-refractivity contribution in [1.29, 1.82) is 0 Å². The minimum absolute atomic E-state index is 0.410. The van der Waals surface area contributed by atoms with E-state index in [1.165, 1.54) is 42.5 Å². The Labute approximate surface area is 117 Å². The minimum Gasteiger partial charge on any atom is -0.387 e. The Hall–Kier alpha value is -1.13. The van der Waals surface area contributed by atoms with Crippen LogP contribution in [0.4, 0.5) is 0 Å². The van der Waals surface area contributed by atoms with E-state index in [1.807, 2.05) is 19.3 Å². The number of aliphatic hydroxyl groups is 1. The fraction of sp³-hybridized carbons (Fsp3) is 0.533. The lowest BCUT2D eigenvalue weighted by Crippen LogP contribution is -2.01. The number of thiophene rings is 1. The average molecular weight is 276 g/mol. The van der Waals surface area contributed by atoms with E-state index in [0.29, 0.717) is 6.42 Å². The predicted octanol–water partition coefficient (Wildman–Crippen LogP) is 3.03. The molecule has 0 spiro atoms. The molecule has 1 N–H and O–H groups in total. The zero-order valence-corrected chi connectivity index (χ0v) is 12.1. The van der Waals surface area contributed by atoms with Crippen molar-refractivity contribution in [3.63, 3.8) is 0 Å². The molecule has 0 bridgehead atoms. The van der Waals surface area contributed by atoms with Crippen LogP contribution in [0.5, 0.6) is 0 Å². The normalized spacial score (nSPS) is 16.9. The lowest BCUT2D eigenvalue weighted by Gasteiger charge is -2.06. The van der Waals surface area contributed by atoms with Gasteiger partial charge in [0.1, 0.15) is 0 Å². The molecule has 19 heavy (non-hydrogen) atoms. The van der Waals surface area contributed by atoms with Gasteiger partial charge in [0.2, 0.25) is 0 Å². The summed E-state index contributed by atoms with van der Waals surface area (Å²) in [6.45, 7) is 0. The molecule has 1 atom stereocenters. The van der Waals surface area contributed by atoms with E-state index in [4.69, 9.17) is 0 Å². The third kappa shape index (κ3) is 2.90. The van der Waals surface area contributed by atoms with Crippen molar-refractivity contribution in [1.82, 2.24) is 9.78 Å². The van der Waals surface area contributed by atoms with Crippen LogP contribution in [0, 0.1) is 0 Å². The third-order valence-electron chi connectivity index (χ3n) is 3.77. The van der Waals surface area contributed by atoms with Crippen LogP contribution in [0.1, 0.15) is 46.4 Å². The molecule has 3 nitrogen and oxygen atoms in total. The smallest absolute Gasteiger partial charge is 0.0938 e. The van der Waals surface area contributed by atoms with Gasteiger partial charge in [-0.1, -0.05) is 6.42 Å². The number of rotatable bonds is 3. The van der Waals surface area contributed by atoms with E-state index in [1.54, 1.807) is 16.0 Å². The first-order valence-electron chi connectivity index (χ1n) is 7.00. The van der Waals surface area contributed by atoms with Gasteiger partial charge in [-0.05, 0) is 43.4 Å². The highest BCUT2D eigenvalue weighted by Gasteiger charge is 2.17. The number of aliphatic hydroxyl groups excluding tert-OH is 1. The SMILES string of the molecule is Cn1ccc(CC(O)c2cc3c(s2)CCCCC3)n1. The maximum absolute atomic E-state index is 10.4. The van der Waals surface area contributed by atoms with Gasteiger partial charge >= 0.3 is 0 Å². The molecule has 0 aliphatic heterocycles. The van der Waals surface area contributed by atoms with Crippen LogP contribution in [0.15, 0.2) is 18.3 Å². The van der Waals surface area contributed by atoms with Gasteiger partial charge in [-0.15, -0.1) is 11.3 Å². The molecule has 0 saturated heterocycles. The number of hydrogen-bond acceptors (Lipinski definition) is 3. The topological polar surface area (TPSA) is 38.0 Å². The third-order valence-corrected chi connectivity index (χ3v) is 5.10. The Bertz CT molecular complexity index is 535. The summed E-state index contributed by atoms with van der Waals surface area (Å²) in [7, 11) is 1.91. The number of hydrogen-bond donors (Lipinski definition) is 1. The van der Waals surface area contributed by atoms with Crippen LogP contribution < -0.4 is 0 Å². The molecule has 2 aromatic heterocycles. The Kier molecular flexibility index (Phi) is 3.71. The molecule has 2 heterocycles. The molecular formula is C15H20N2OS. The quantitative estimate of drug-likeness (QED) is 0.875. The summed E-state index contributed by atoms with van der Waals surface area (Å²) in [5.41, 5.74) is 2.43. The average Bonchev–Trinajstić information content (AvgIpc) is 2.91. The highest BCUT2D eigenvalue weighted by Crippen LogP contribution is 2.33. The van der Waals surface area contributed by atoms with E-state index in [-0.39, 0.29) is 0 Å². The van der Waals surface area contributed by atoms with Crippen LogP contribution in [-0.4, -0.2) is 14.9 Å². The van der Waals surface area contributed by atoms with Crippen molar-refractivity contribution in [3.8, 4) is 0 Å². The predicted molar refractivity (Wildman–Crippen MR) is 77.4 cm³/mol. The van der Waals surface area contributed by atoms with E-state index >= 15 is 0 Å². The minimum atomic E-state index is -0.410. The Morgan fingerprint density at radius 2 is 2.21 bits per heavy atom. The van der Waals surface area contributed by atoms with Gasteiger partial charge in [0.05, 0.1) is 11.8 Å². The molecule has 0 fully saturated rings. The van der Waals surface area contributed by atoms with Crippen LogP contribution in [-0.2, 0) is 26.3 Å². The second-order valence-electron chi connectivity index (χ2n) is 5.36. The lowest BCUT2D eigenvalue weighted by atomic mass is 10.1. The van der Waals surface area contributed by atoms with Gasteiger partial charge in [-0.25, -0.2) is 0 Å². The molecule has 0 saturated carbocycles. The van der Waals surface area contributed by atoms with E-state index in [0.717, 1.165) is 10.6 Å². The molecule has 2 aromatic rings. The van der Waals surface area contributed by atoms with Gasteiger partial charge in [0.25, 0.3) is 0 Å². The first-order valence-corrected chi connectivity index (χ1v) is 7.82. The number of aryl methyl sites for hydroxylation is 3. The standard InChI is InChI=1S/C15H20N2OS/c1-17-8-7-12(16-17)10-13(18)15-9-11-5-3-2-4-6-14(11)19-15/h7-9,13,18H,2-6,10H2,1H3. The molecule has 1 aliphatic rings. The lowest BCUT2D eigenvalue weighted by molar-refractivity contribution is 0.181. The van der Waals surface area contributed by atoms with Crippen molar-refractivity contribution in [2.24, 2.45) is 7.05 Å². The highest BCUT2D eigenvalue weighted by atomic mass is 32.1. The molecule has 102 valence electrons. The molecule has 0 radical (unpaired) electrons. The van der Waals surface area contributed by atoms with Crippen LogP contribution >= 0.6 is 11.3 Å². The summed E-state index contributed by atoms with van der Waals surface area (Å²) in [4.78, 5) is 2.60. The summed E-state index contributed by atoms with van der Waals surface area (Å²) in [5, 5.41) is 14.7. The Balaban J connectivity index is 1.74. The van der Waals surface area contributed by atoms with Gasteiger partial charge < -0.3 is 5.11 Å². The maximum atomic E-state index is 10.4. The van der Waals surface area contributed by atoms with Crippen molar-refractivity contribution in [2.45, 2.75) is 44.6 Å². The first kappa shape index (κ1) is 12.9. The van der Waals surface area contributed by atoms with Crippen molar-refractivity contribution in [2.75, 3.05) is 0 Å². The van der Waals surface area contributed by atoms with Gasteiger partial charge in [-0.2, -0.15) is 5.10 Å². The highest BCUT2D eigenvalue weighted by molar-refractivity contribution is 7.12. The molecule has 0 amide bonds. The molecule has 3 rings (SSSR count). The van der Waals surface area contributed by atoms with E-state index < -0.39 is 6.10 Å². The summed E-state index contributed by atoms with van der Waals surface area (Å²) in [6, 6.07) is 4.20. The molecule has 1 unspecified atom stereocenters. The van der Waals surface area contributed by atoms with Gasteiger partial charge in [0.15, 0.2) is 0 Å². The fourth-order valence-corrected chi connectivity index (χ4v) is 3.97. The first-order chi connectivity index (χ1) is 9.22. The molecule has 0 aromatic carbocycles. The number of nitrogens with zero attached hydrogens (tertiary/aromatic N) is 2. The summed E-state index contributed by atoms with van der Waals surface area (Å²) < 4.78 is 1.78. The molecule has 1 aliphatic carbocycles. The van der Waals surface area contributed by atoms with E-state index in [2.05, 4.69) is 11.2 Å². The number of aromatic nitrogens is 2. The molecule has 4 heteroatoms.